The van der Waals surface area contributed by atoms with Crippen molar-refractivity contribution in [2.45, 2.75) is 45.7 Å². The van der Waals surface area contributed by atoms with Gasteiger partial charge in [-0.05, 0) is 55.7 Å². The van der Waals surface area contributed by atoms with E-state index in [-0.39, 0.29) is 48.3 Å². The summed E-state index contributed by atoms with van der Waals surface area (Å²) in [6.07, 6.45) is 2.82. The molecule has 2 atom stereocenters. The van der Waals surface area contributed by atoms with Crippen LogP contribution in [0.1, 0.15) is 37.9 Å². The molecule has 1 fully saturated rings. The van der Waals surface area contributed by atoms with Gasteiger partial charge in [-0.25, -0.2) is 29.7 Å². The number of benzene rings is 1. The van der Waals surface area contributed by atoms with Crippen molar-refractivity contribution in [3.63, 3.8) is 0 Å². The van der Waals surface area contributed by atoms with Gasteiger partial charge in [-0.3, -0.25) is 9.78 Å². The van der Waals surface area contributed by atoms with Crippen molar-refractivity contribution in [3.8, 4) is 22.7 Å². The van der Waals surface area contributed by atoms with Gasteiger partial charge in [-0.1, -0.05) is 26.5 Å². The Morgan fingerprint density at radius 3 is 2.64 bits per heavy atom. The van der Waals surface area contributed by atoms with Gasteiger partial charge in [0.15, 0.2) is 11.5 Å². The number of fused-ring (bicyclic) bond motifs is 1. The number of aromatic hydroxyl groups is 1. The summed E-state index contributed by atoms with van der Waals surface area (Å²) in [4.78, 5) is 46.9. The second-order valence-corrected chi connectivity index (χ2v) is 11.0. The topological polar surface area (TPSA) is 109 Å². The number of carbonyl (C=O) groups excluding carboxylic acids is 1. The number of amides is 1. The number of hydrogen-bond donors (Lipinski definition) is 1. The average molecular weight is 600 g/mol. The maximum Gasteiger partial charge on any atom is 0.355 e. The minimum atomic E-state index is -0.941. The van der Waals surface area contributed by atoms with E-state index in [1.165, 1.54) is 22.8 Å². The molecular formula is C32H31F2N7O3. The Morgan fingerprint density at radius 2 is 1.98 bits per heavy atom. The zero-order chi connectivity index (χ0) is 31.9. The number of anilines is 1. The van der Waals surface area contributed by atoms with Crippen LogP contribution in [-0.2, 0) is 4.79 Å². The zero-order valence-electron chi connectivity index (χ0n) is 24.8. The van der Waals surface area contributed by atoms with Crippen LogP contribution in [0, 0.1) is 25.1 Å². The SMILES string of the molecule is [C-]#[N+]CC1[C@H](C)N(c2nc(=O)n(-c3c(C)ccnc3C(C)C)c3nc(-c4c(O)cccc4F)c(F)cc23)CCN1C(=O)C=C. The Hall–Kier alpha value is -5.18. The number of pyridine rings is 2. The summed E-state index contributed by atoms with van der Waals surface area (Å²) in [5.74, 6) is -2.68. The van der Waals surface area contributed by atoms with Gasteiger partial charge in [0.1, 0.15) is 29.1 Å². The molecule has 226 valence electrons. The number of phenolic OH excluding ortho intramolecular Hbond substituents is 1. The Kier molecular flexibility index (Phi) is 8.15. The molecule has 12 heteroatoms. The predicted molar refractivity (Wildman–Crippen MR) is 163 cm³/mol. The lowest BCUT2D eigenvalue weighted by Gasteiger charge is -2.44. The van der Waals surface area contributed by atoms with Gasteiger partial charge in [0.25, 0.3) is 0 Å². The molecule has 1 aromatic carbocycles. The third-order valence-electron chi connectivity index (χ3n) is 7.99. The smallest absolute Gasteiger partial charge is 0.355 e. The first-order chi connectivity index (χ1) is 21.0. The first-order valence-electron chi connectivity index (χ1n) is 14.1. The summed E-state index contributed by atoms with van der Waals surface area (Å²) in [5.41, 5.74) is 0.00304. The number of piperazine rings is 1. The summed E-state index contributed by atoms with van der Waals surface area (Å²) in [5, 5.41) is 10.6. The van der Waals surface area contributed by atoms with E-state index in [1.807, 2.05) is 13.8 Å². The fourth-order valence-electron chi connectivity index (χ4n) is 5.82. The molecule has 1 unspecified atom stereocenters. The van der Waals surface area contributed by atoms with E-state index in [2.05, 4.69) is 26.4 Å². The van der Waals surface area contributed by atoms with Crippen molar-refractivity contribution in [3.05, 3.63) is 94.0 Å². The number of carbonyl (C=O) groups is 1. The lowest BCUT2D eigenvalue weighted by atomic mass is 10.0. The summed E-state index contributed by atoms with van der Waals surface area (Å²) >= 11 is 0. The van der Waals surface area contributed by atoms with Crippen molar-refractivity contribution in [1.82, 2.24) is 24.4 Å². The van der Waals surface area contributed by atoms with E-state index < -0.39 is 46.4 Å². The Labute approximate surface area is 252 Å². The molecule has 1 aliphatic rings. The number of aromatic nitrogens is 4. The number of nitrogens with zero attached hydrogens (tertiary/aromatic N) is 7. The molecular weight excluding hydrogens is 568 g/mol. The highest BCUT2D eigenvalue weighted by Crippen LogP contribution is 2.37. The van der Waals surface area contributed by atoms with Crippen LogP contribution in [0.4, 0.5) is 14.6 Å². The molecule has 4 heterocycles. The van der Waals surface area contributed by atoms with Crippen molar-refractivity contribution < 1.29 is 18.7 Å². The number of halogens is 2. The third-order valence-corrected chi connectivity index (χ3v) is 7.99. The van der Waals surface area contributed by atoms with Gasteiger partial charge < -0.3 is 19.8 Å². The fraction of sp³-hybridized carbons (Fsp3) is 0.312. The van der Waals surface area contributed by atoms with E-state index in [0.29, 0.717) is 16.9 Å². The van der Waals surface area contributed by atoms with Gasteiger partial charge >= 0.3 is 5.69 Å². The summed E-state index contributed by atoms with van der Waals surface area (Å²) in [6, 6.07) is 5.38. The molecule has 0 bridgehead atoms. The van der Waals surface area contributed by atoms with E-state index in [9.17, 15) is 19.1 Å². The quantitative estimate of drug-likeness (QED) is 0.251. The van der Waals surface area contributed by atoms with Crippen molar-refractivity contribution in [1.29, 1.82) is 0 Å². The van der Waals surface area contributed by atoms with Crippen LogP contribution >= 0.6 is 0 Å². The van der Waals surface area contributed by atoms with Gasteiger partial charge in [0.05, 0.1) is 28.4 Å². The van der Waals surface area contributed by atoms with Crippen LogP contribution in [0.25, 0.3) is 32.8 Å². The maximum absolute atomic E-state index is 16.0. The second kappa shape index (κ2) is 11.8. The number of rotatable bonds is 6. The van der Waals surface area contributed by atoms with E-state index in [4.69, 9.17) is 6.57 Å². The van der Waals surface area contributed by atoms with Gasteiger partial charge in [0.2, 0.25) is 12.5 Å². The number of phenols is 1. The molecule has 44 heavy (non-hydrogen) atoms. The fourth-order valence-corrected chi connectivity index (χ4v) is 5.82. The number of aryl methyl sites for hydroxylation is 1. The normalized spacial score (nSPS) is 16.8. The zero-order valence-corrected chi connectivity index (χ0v) is 24.8. The first-order valence-corrected chi connectivity index (χ1v) is 14.1. The van der Waals surface area contributed by atoms with E-state index in [0.717, 1.165) is 12.1 Å². The van der Waals surface area contributed by atoms with Crippen LogP contribution in [0.3, 0.4) is 0 Å². The van der Waals surface area contributed by atoms with Gasteiger partial charge in [-0.15, -0.1) is 0 Å². The Morgan fingerprint density at radius 1 is 1.23 bits per heavy atom. The summed E-state index contributed by atoms with van der Waals surface area (Å²) in [6.45, 7) is 18.9. The Balaban J connectivity index is 1.85. The molecule has 3 aromatic heterocycles. The molecule has 5 rings (SSSR count). The highest BCUT2D eigenvalue weighted by Gasteiger charge is 2.39. The molecule has 1 N–H and O–H groups in total. The summed E-state index contributed by atoms with van der Waals surface area (Å²) < 4.78 is 32.2. The highest BCUT2D eigenvalue weighted by molar-refractivity contribution is 5.91. The molecule has 1 amide bonds. The summed E-state index contributed by atoms with van der Waals surface area (Å²) in [7, 11) is 0. The van der Waals surface area contributed by atoms with E-state index in [1.54, 1.807) is 35.9 Å². The van der Waals surface area contributed by atoms with E-state index >= 15 is 4.39 Å². The lowest BCUT2D eigenvalue weighted by Crippen LogP contribution is -2.61. The third kappa shape index (κ3) is 5.04. The minimum absolute atomic E-state index is 0.0117. The molecule has 1 aliphatic heterocycles. The van der Waals surface area contributed by atoms with Crippen LogP contribution in [0.2, 0.25) is 0 Å². The van der Waals surface area contributed by atoms with Gasteiger partial charge in [0, 0.05) is 19.3 Å². The average Bonchev–Trinajstić information content (AvgIpc) is 2.98. The molecule has 0 radical (unpaired) electrons. The minimum Gasteiger partial charge on any atom is -0.507 e. The largest absolute Gasteiger partial charge is 0.507 e. The van der Waals surface area contributed by atoms with Crippen LogP contribution in [0.5, 0.6) is 5.75 Å². The number of hydrogen-bond acceptors (Lipinski definition) is 7. The van der Waals surface area contributed by atoms with Crippen LogP contribution in [-0.4, -0.2) is 67.2 Å². The molecule has 0 spiro atoms. The maximum atomic E-state index is 16.0. The standard InChI is InChI=1S/C32H31F2N7O3/c1-7-25(43)40-14-13-39(19(5)23(40)16-35-6)30-20-15-22(34)28(26-21(33)9-8-10-24(26)42)37-31(20)41(32(44)38-30)29-18(4)11-12-36-27(29)17(2)3/h7-12,15,17,19,23,42H,1,13-14,16H2,2-5H3/t19-,23?/m0/s1. The van der Waals surface area contributed by atoms with Gasteiger partial charge in [-0.2, -0.15) is 4.98 Å². The second-order valence-electron chi connectivity index (χ2n) is 11.0. The molecule has 0 saturated carbocycles. The van der Waals surface area contributed by atoms with Crippen molar-refractivity contribution in [2.75, 3.05) is 24.5 Å². The van der Waals surface area contributed by atoms with Crippen LogP contribution in [0.15, 0.2) is 54.0 Å². The lowest BCUT2D eigenvalue weighted by molar-refractivity contribution is -0.129. The Bertz CT molecular complexity index is 1880. The monoisotopic (exact) mass is 599 g/mol. The molecule has 1 saturated heterocycles. The van der Waals surface area contributed by atoms with Crippen molar-refractivity contribution >= 4 is 22.8 Å². The molecule has 0 aliphatic carbocycles. The predicted octanol–water partition coefficient (Wildman–Crippen LogP) is 4.77. The van der Waals surface area contributed by atoms with Crippen LogP contribution < -0.4 is 10.6 Å². The molecule has 10 nitrogen and oxygen atoms in total. The molecule has 4 aromatic rings. The highest BCUT2D eigenvalue weighted by atomic mass is 19.1. The van der Waals surface area contributed by atoms with Crippen molar-refractivity contribution in [2.24, 2.45) is 0 Å². The first kappa shape index (κ1) is 30.3.